The molecule has 1 unspecified atom stereocenters. The van der Waals surface area contributed by atoms with Crippen molar-refractivity contribution in [3.8, 4) is 0 Å². The second-order valence-corrected chi connectivity index (χ2v) is 10.5. The van der Waals surface area contributed by atoms with Crippen LogP contribution in [0, 0.1) is 0 Å². The Bertz CT molecular complexity index is 1060. The van der Waals surface area contributed by atoms with E-state index in [4.69, 9.17) is 4.74 Å². The topological polar surface area (TPSA) is 118 Å². The Balaban J connectivity index is 1.45. The van der Waals surface area contributed by atoms with Gasteiger partial charge in [0.15, 0.2) is 16.4 Å². The summed E-state index contributed by atoms with van der Waals surface area (Å²) in [5.41, 5.74) is 0.408. The fourth-order valence-corrected chi connectivity index (χ4v) is 6.37. The lowest BCUT2D eigenvalue weighted by Crippen LogP contribution is -2.48. The van der Waals surface area contributed by atoms with Crippen molar-refractivity contribution in [1.29, 1.82) is 0 Å². The summed E-state index contributed by atoms with van der Waals surface area (Å²) >= 11 is 0. The molecule has 0 radical (unpaired) electrons. The zero-order chi connectivity index (χ0) is 22.3. The van der Waals surface area contributed by atoms with Crippen LogP contribution in [0.1, 0.15) is 63.2 Å². The molecule has 1 saturated heterocycles. The summed E-state index contributed by atoms with van der Waals surface area (Å²) in [6.07, 6.45) is 3.97. The van der Waals surface area contributed by atoms with Crippen LogP contribution >= 0.6 is 0 Å². The second kappa shape index (κ2) is 8.07. The van der Waals surface area contributed by atoms with E-state index < -0.39 is 46.2 Å². The van der Waals surface area contributed by atoms with Crippen LogP contribution in [-0.4, -0.2) is 79.2 Å². The minimum Gasteiger partial charge on any atom is -0.452 e. The smallest absolute Gasteiger partial charge is 0.338 e. The van der Waals surface area contributed by atoms with Crippen LogP contribution in [0.2, 0.25) is 0 Å². The molecular formula is C21H24N2O7S. The molecule has 4 rings (SSSR count). The van der Waals surface area contributed by atoms with Gasteiger partial charge in [-0.2, -0.15) is 0 Å². The van der Waals surface area contributed by atoms with Gasteiger partial charge in [-0.3, -0.25) is 19.3 Å². The van der Waals surface area contributed by atoms with Crippen molar-refractivity contribution >= 4 is 33.5 Å². The van der Waals surface area contributed by atoms with E-state index in [2.05, 4.69) is 0 Å². The molecule has 3 amide bonds. The van der Waals surface area contributed by atoms with Gasteiger partial charge in [-0.1, -0.05) is 12.8 Å². The molecule has 3 aliphatic rings. The molecule has 2 aliphatic heterocycles. The molecule has 31 heavy (non-hydrogen) atoms. The number of esters is 1. The normalized spacial score (nSPS) is 22.6. The number of benzene rings is 1. The molecule has 0 N–H and O–H groups in total. The highest BCUT2D eigenvalue weighted by Crippen LogP contribution is 2.29. The first-order chi connectivity index (χ1) is 14.7. The first-order valence-electron chi connectivity index (χ1n) is 10.3. The molecule has 0 spiro atoms. The van der Waals surface area contributed by atoms with E-state index in [0.717, 1.165) is 30.6 Å². The SMILES string of the molecule is CN1C(=O)c2ccc(C(=O)OCC(=O)N(C3CCCC3)C3CCS(=O)(=O)C3)cc2C1=O. The third kappa shape index (κ3) is 4.08. The zero-order valence-electron chi connectivity index (χ0n) is 17.2. The van der Waals surface area contributed by atoms with Gasteiger partial charge in [-0.05, 0) is 37.5 Å². The van der Waals surface area contributed by atoms with Crippen molar-refractivity contribution in [1.82, 2.24) is 9.80 Å². The second-order valence-electron chi connectivity index (χ2n) is 8.30. The monoisotopic (exact) mass is 448 g/mol. The summed E-state index contributed by atoms with van der Waals surface area (Å²) in [6, 6.07) is 3.64. The highest BCUT2D eigenvalue weighted by atomic mass is 32.2. The van der Waals surface area contributed by atoms with Crippen LogP contribution in [0.5, 0.6) is 0 Å². The minimum absolute atomic E-state index is 0.0383. The van der Waals surface area contributed by atoms with Crippen LogP contribution in [0.15, 0.2) is 18.2 Å². The fraction of sp³-hybridized carbons (Fsp3) is 0.524. The molecule has 9 nitrogen and oxygen atoms in total. The quantitative estimate of drug-likeness (QED) is 0.488. The van der Waals surface area contributed by atoms with Gasteiger partial charge in [0.2, 0.25) is 0 Å². The maximum absolute atomic E-state index is 12.9. The number of hydrogen-bond donors (Lipinski definition) is 0. The molecule has 1 saturated carbocycles. The standard InChI is InChI=1S/C21H24N2O7S/c1-22-19(25)16-7-6-13(10-17(16)20(22)26)21(27)30-11-18(24)23(14-4-2-3-5-14)15-8-9-31(28,29)12-15/h6-7,10,14-15H,2-5,8-9,11-12H2,1H3. The summed E-state index contributed by atoms with van der Waals surface area (Å²) in [7, 11) is -1.80. The molecule has 0 aromatic heterocycles. The average molecular weight is 448 g/mol. The van der Waals surface area contributed by atoms with Crippen LogP contribution in [0.25, 0.3) is 0 Å². The van der Waals surface area contributed by atoms with E-state index in [-0.39, 0.29) is 34.2 Å². The van der Waals surface area contributed by atoms with E-state index >= 15 is 0 Å². The molecule has 2 heterocycles. The number of rotatable bonds is 5. The number of carbonyl (C=O) groups is 4. The fourth-order valence-electron chi connectivity index (χ4n) is 4.66. The summed E-state index contributed by atoms with van der Waals surface area (Å²) in [5, 5.41) is 0. The van der Waals surface area contributed by atoms with E-state index in [1.807, 2.05) is 0 Å². The van der Waals surface area contributed by atoms with E-state index in [9.17, 15) is 27.6 Å². The number of ether oxygens (including phenoxy) is 1. The number of amides is 3. The Hall–Kier alpha value is -2.75. The zero-order valence-corrected chi connectivity index (χ0v) is 18.0. The van der Waals surface area contributed by atoms with Gasteiger partial charge >= 0.3 is 5.97 Å². The van der Waals surface area contributed by atoms with E-state index in [1.54, 1.807) is 4.90 Å². The molecule has 1 aliphatic carbocycles. The molecule has 2 fully saturated rings. The molecule has 0 bridgehead atoms. The lowest BCUT2D eigenvalue weighted by molar-refractivity contribution is -0.139. The Labute approximate surface area is 180 Å². The third-order valence-corrected chi connectivity index (χ3v) is 8.01. The number of hydrogen-bond acceptors (Lipinski definition) is 7. The van der Waals surface area contributed by atoms with Crippen LogP contribution < -0.4 is 0 Å². The van der Waals surface area contributed by atoms with Crippen LogP contribution in [0.4, 0.5) is 0 Å². The molecule has 1 aromatic rings. The Kier molecular flexibility index (Phi) is 5.59. The van der Waals surface area contributed by atoms with Gasteiger partial charge in [-0.15, -0.1) is 0 Å². The van der Waals surface area contributed by atoms with Crippen molar-refractivity contribution < 1.29 is 32.3 Å². The van der Waals surface area contributed by atoms with Gasteiger partial charge in [0.25, 0.3) is 17.7 Å². The number of imide groups is 1. The number of nitrogens with zero attached hydrogens (tertiary/aromatic N) is 2. The first-order valence-corrected chi connectivity index (χ1v) is 12.2. The van der Waals surface area contributed by atoms with Crippen molar-refractivity contribution in [2.75, 3.05) is 25.2 Å². The van der Waals surface area contributed by atoms with Gasteiger partial charge < -0.3 is 9.64 Å². The number of carbonyl (C=O) groups excluding carboxylic acids is 4. The van der Waals surface area contributed by atoms with Crippen LogP contribution in [-0.2, 0) is 19.4 Å². The summed E-state index contributed by atoms with van der Waals surface area (Å²) in [4.78, 5) is 52.1. The molecular weight excluding hydrogens is 424 g/mol. The van der Waals surface area contributed by atoms with Gasteiger partial charge in [-0.25, -0.2) is 13.2 Å². The number of fused-ring (bicyclic) bond motifs is 1. The molecule has 10 heteroatoms. The predicted molar refractivity (Wildman–Crippen MR) is 109 cm³/mol. The Morgan fingerprint density at radius 1 is 1.06 bits per heavy atom. The number of sulfone groups is 1. The molecule has 1 aromatic carbocycles. The lowest BCUT2D eigenvalue weighted by atomic mass is 10.1. The van der Waals surface area contributed by atoms with Crippen molar-refractivity contribution in [2.24, 2.45) is 0 Å². The summed E-state index contributed by atoms with van der Waals surface area (Å²) < 4.78 is 29.0. The Morgan fingerprint density at radius 3 is 2.39 bits per heavy atom. The maximum Gasteiger partial charge on any atom is 0.338 e. The largest absolute Gasteiger partial charge is 0.452 e. The van der Waals surface area contributed by atoms with Crippen molar-refractivity contribution in [3.63, 3.8) is 0 Å². The maximum atomic E-state index is 12.9. The lowest BCUT2D eigenvalue weighted by Gasteiger charge is -2.33. The van der Waals surface area contributed by atoms with E-state index in [1.165, 1.54) is 25.2 Å². The Morgan fingerprint density at radius 2 is 1.74 bits per heavy atom. The highest BCUT2D eigenvalue weighted by Gasteiger charge is 2.39. The van der Waals surface area contributed by atoms with Gasteiger partial charge in [0.1, 0.15) is 0 Å². The average Bonchev–Trinajstić information content (AvgIpc) is 3.44. The van der Waals surface area contributed by atoms with E-state index in [0.29, 0.717) is 6.42 Å². The van der Waals surface area contributed by atoms with Gasteiger partial charge in [0.05, 0.1) is 28.2 Å². The van der Waals surface area contributed by atoms with Crippen molar-refractivity contribution in [3.05, 3.63) is 34.9 Å². The summed E-state index contributed by atoms with van der Waals surface area (Å²) in [5.74, 6) is -2.12. The minimum atomic E-state index is -3.16. The molecule has 166 valence electrons. The first kappa shape index (κ1) is 21.5. The molecule has 1 atom stereocenters. The third-order valence-electron chi connectivity index (χ3n) is 6.26. The van der Waals surface area contributed by atoms with Gasteiger partial charge in [0, 0.05) is 19.1 Å². The summed E-state index contributed by atoms with van der Waals surface area (Å²) in [6.45, 7) is -0.504. The van der Waals surface area contributed by atoms with Crippen LogP contribution in [0.3, 0.4) is 0 Å². The highest BCUT2D eigenvalue weighted by molar-refractivity contribution is 7.91. The van der Waals surface area contributed by atoms with Crippen molar-refractivity contribution in [2.45, 2.75) is 44.2 Å². The predicted octanol–water partition coefficient (Wildman–Crippen LogP) is 1.03.